The highest BCUT2D eigenvalue weighted by Gasteiger charge is 2.25. The molecule has 0 N–H and O–H groups in total. The van der Waals surface area contributed by atoms with E-state index >= 15 is 0 Å². The van der Waals surface area contributed by atoms with Gasteiger partial charge in [-0.1, -0.05) is 19.1 Å². The minimum absolute atomic E-state index is 0.154. The van der Waals surface area contributed by atoms with Crippen molar-refractivity contribution in [3.63, 3.8) is 0 Å². The first-order valence-electron chi connectivity index (χ1n) is 8.72. The first-order chi connectivity index (χ1) is 11.7. The molecule has 1 heterocycles. The van der Waals surface area contributed by atoms with Gasteiger partial charge in [0.1, 0.15) is 12.3 Å². The van der Waals surface area contributed by atoms with Crippen molar-refractivity contribution in [2.75, 3.05) is 13.7 Å². The van der Waals surface area contributed by atoms with Crippen molar-refractivity contribution in [1.82, 2.24) is 14.5 Å². The predicted molar refractivity (Wildman–Crippen MR) is 98.4 cm³/mol. The summed E-state index contributed by atoms with van der Waals surface area (Å²) in [5.74, 6) is 0. The summed E-state index contributed by atoms with van der Waals surface area (Å²) in [6.45, 7) is 10.8. The lowest BCUT2D eigenvalue weighted by Gasteiger charge is -2.29. The number of rotatable bonds is 6. The zero-order chi connectivity index (χ0) is 18.6. The number of carbonyl (C=O) groups is 1. The van der Waals surface area contributed by atoms with Gasteiger partial charge in [-0.3, -0.25) is 0 Å². The Labute approximate surface area is 149 Å². The summed E-state index contributed by atoms with van der Waals surface area (Å²) in [4.78, 5) is 18.5. The number of fused-ring (bicyclic) bond motifs is 1. The second kappa shape index (κ2) is 7.87. The number of ether oxygens (including phenoxy) is 2. The first-order valence-corrected chi connectivity index (χ1v) is 8.72. The van der Waals surface area contributed by atoms with E-state index in [1.54, 1.807) is 18.3 Å². The van der Waals surface area contributed by atoms with Crippen LogP contribution in [0.4, 0.5) is 4.79 Å². The highest BCUT2D eigenvalue weighted by molar-refractivity contribution is 5.80. The Hall–Kier alpha value is -2.08. The molecule has 2 rings (SSSR count). The van der Waals surface area contributed by atoms with Crippen LogP contribution in [0.5, 0.6) is 0 Å². The SMILES string of the molecule is CCCOCn1cnc2c(C(C)N(C)C(=O)OC(C)(C)C)cccc21. The Bertz CT molecular complexity index is 718. The number of benzene rings is 1. The number of aromatic nitrogens is 2. The maximum atomic E-state index is 12.3. The average molecular weight is 347 g/mol. The molecule has 138 valence electrons. The van der Waals surface area contributed by atoms with E-state index in [-0.39, 0.29) is 12.1 Å². The summed E-state index contributed by atoms with van der Waals surface area (Å²) >= 11 is 0. The monoisotopic (exact) mass is 347 g/mol. The molecule has 1 aromatic heterocycles. The summed E-state index contributed by atoms with van der Waals surface area (Å²) in [5, 5.41) is 0. The van der Waals surface area contributed by atoms with Crippen LogP contribution in [0, 0.1) is 0 Å². The van der Waals surface area contributed by atoms with Gasteiger partial charge in [-0.15, -0.1) is 0 Å². The van der Waals surface area contributed by atoms with E-state index in [9.17, 15) is 4.79 Å². The molecule has 0 bridgehead atoms. The van der Waals surface area contributed by atoms with Crippen molar-refractivity contribution < 1.29 is 14.3 Å². The molecule has 0 fully saturated rings. The summed E-state index contributed by atoms with van der Waals surface area (Å²) in [6.07, 6.45) is 2.42. The zero-order valence-corrected chi connectivity index (χ0v) is 16.1. The van der Waals surface area contributed by atoms with E-state index in [1.807, 2.05) is 50.5 Å². The predicted octanol–water partition coefficient (Wildman–Crippen LogP) is 4.35. The molecule has 0 aliphatic carbocycles. The van der Waals surface area contributed by atoms with Gasteiger partial charge >= 0.3 is 6.09 Å². The molecule has 0 saturated carbocycles. The Balaban J connectivity index is 2.23. The molecule has 6 nitrogen and oxygen atoms in total. The van der Waals surface area contributed by atoms with Gasteiger partial charge < -0.3 is 18.9 Å². The van der Waals surface area contributed by atoms with Crippen molar-refractivity contribution in [2.24, 2.45) is 0 Å². The molecule has 0 radical (unpaired) electrons. The molecule has 1 aromatic carbocycles. The Morgan fingerprint density at radius 3 is 2.72 bits per heavy atom. The van der Waals surface area contributed by atoms with Gasteiger partial charge in [-0.05, 0) is 40.2 Å². The van der Waals surface area contributed by atoms with Crippen LogP contribution < -0.4 is 0 Å². The fraction of sp³-hybridized carbons (Fsp3) is 0.579. The minimum atomic E-state index is -0.519. The lowest BCUT2D eigenvalue weighted by atomic mass is 10.1. The lowest BCUT2D eigenvalue weighted by Crippen LogP contribution is -2.35. The smallest absolute Gasteiger partial charge is 0.410 e. The number of hydrogen-bond acceptors (Lipinski definition) is 4. The highest BCUT2D eigenvalue weighted by atomic mass is 16.6. The van der Waals surface area contributed by atoms with E-state index in [4.69, 9.17) is 9.47 Å². The van der Waals surface area contributed by atoms with Crippen molar-refractivity contribution in [1.29, 1.82) is 0 Å². The normalized spacial score (nSPS) is 13.0. The number of amides is 1. The summed E-state index contributed by atoms with van der Waals surface area (Å²) in [7, 11) is 1.75. The molecule has 0 saturated heterocycles. The average Bonchev–Trinajstić information content (AvgIpc) is 2.95. The molecule has 2 aromatic rings. The van der Waals surface area contributed by atoms with E-state index in [0.29, 0.717) is 6.73 Å². The zero-order valence-electron chi connectivity index (χ0n) is 16.1. The van der Waals surface area contributed by atoms with Gasteiger partial charge in [0.05, 0.1) is 23.4 Å². The topological polar surface area (TPSA) is 56.6 Å². The summed E-state index contributed by atoms with van der Waals surface area (Å²) < 4.78 is 13.1. The fourth-order valence-corrected chi connectivity index (χ4v) is 2.56. The molecule has 25 heavy (non-hydrogen) atoms. The maximum Gasteiger partial charge on any atom is 0.410 e. The standard InChI is InChI=1S/C19H29N3O3/c1-7-11-24-13-22-12-20-17-15(9-8-10-16(17)22)14(2)21(6)18(23)25-19(3,4)5/h8-10,12,14H,7,11,13H2,1-6H3. The molecule has 1 unspecified atom stereocenters. The van der Waals surface area contributed by atoms with E-state index in [0.717, 1.165) is 29.6 Å². The van der Waals surface area contributed by atoms with Crippen LogP contribution >= 0.6 is 0 Å². The van der Waals surface area contributed by atoms with Gasteiger partial charge in [0.2, 0.25) is 0 Å². The molecule has 1 atom stereocenters. The number of hydrogen-bond donors (Lipinski definition) is 0. The van der Waals surface area contributed by atoms with E-state index in [1.165, 1.54) is 0 Å². The van der Waals surface area contributed by atoms with Crippen LogP contribution in [-0.4, -0.2) is 39.8 Å². The van der Waals surface area contributed by atoms with Gasteiger partial charge in [0, 0.05) is 19.2 Å². The third kappa shape index (κ3) is 4.72. The Kier molecular flexibility index (Phi) is 6.06. The molecule has 0 spiro atoms. The summed E-state index contributed by atoms with van der Waals surface area (Å²) in [5.41, 5.74) is 2.35. The quantitative estimate of drug-likeness (QED) is 0.729. The maximum absolute atomic E-state index is 12.3. The van der Waals surface area contributed by atoms with Crippen molar-refractivity contribution in [2.45, 2.75) is 59.4 Å². The van der Waals surface area contributed by atoms with E-state index in [2.05, 4.69) is 11.9 Å². The first kappa shape index (κ1) is 19.2. The highest BCUT2D eigenvalue weighted by Crippen LogP contribution is 2.27. The third-order valence-electron chi connectivity index (χ3n) is 3.97. The molecule has 0 aliphatic rings. The lowest BCUT2D eigenvalue weighted by molar-refractivity contribution is 0.0235. The van der Waals surface area contributed by atoms with Crippen LogP contribution in [0.2, 0.25) is 0 Å². The minimum Gasteiger partial charge on any atom is -0.444 e. The third-order valence-corrected chi connectivity index (χ3v) is 3.97. The van der Waals surface area contributed by atoms with E-state index < -0.39 is 5.60 Å². The molecule has 1 amide bonds. The van der Waals surface area contributed by atoms with Crippen LogP contribution in [-0.2, 0) is 16.2 Å². The van der Waals surface area contributed by atoms with Gasteiger partial charge in [0.25, 0.3) is 0 Å². The Morgan fingerprint density at radius 1 is 1.36 bits per heavy atom. The number of imidazole rings is 1. The molecular formula is C19H29N3O3. The molecular weight excluding hydrogens is 318 g/mol. The van der Waals surface area contributed by atoms with Gasteiger partial charge in [0.15, 0.2) is 0 Å². The van der Waals surface area contributed by atoms with Crippen LogP contribution in [0.15, 0.2) is 24.5 Å². The molecule has 6 heteroatoms. The van der Waals surface area contributed by atoms with Gasteiger partial charge in [-0.25, -0.2) is 9.78 Å². The van der Waals surface area contributed by atoms with Crippen LogP contribution in [0.3, 0.4) is 0 Å². The number of nitrogens with zero attached hydrogens (tertiary/aromatic N) is 3. The number of para-hydroxylation sites is 1. The number of carbonyl (C=O) groups excluding carboxylic acids is 1. The van der Waals surface area contributed by atoms with Gasteiger partial charge in [-0.2, -0.15) is 0 Å². The Morgan fingerprint density at radius 2 is 2.08 bits per heavy atom. The van der Waals surface area contributed by atoms with Crippen molar-refractivity contribution >= 4 is 17.1 Å². The molecule has 0 aliphatic heterocycles. The largest absolute Gasteiger partial charge is 0.444 e. The fourth-order valence-electron chi connectivity index (χ4n) is 2.56. The second-order valence-electron chi connectivity index (χ2n) is 7.23. The summed E-state index contributed by atoms with van der Waals surface area (Å²) in [6, 6.07) is 5.84. The van der Waals surface area contributed by atoms with Crippen molar-refractivity contribution in [3.8, 4) is 0 Å². The second-order valence-corrected chi connectivity index (χ2v) is 7.23. The van der Waals surface area contributed by atoms with Crippen LogP contribution in [0.25, 0.3) is 11.0 Å². The van der Waals surface area contributed by atoms with Crippen molar-refractivity contribution in [3.05, 3.63) is 30.1 Å². The van der Waals surface area contributed by atoms with Crippen LogP contribution in [0.1, 0.15) is 52.6 Å².